The third kappa shape index (κ3) is 6.85. The van der Waals surface area contributed by atoms with Gasteiger partial charge in [0.05, 0.1) is 9.72 Å². The fourth-order valence-electron chi connectivity index (χ4n) is 2.60. The van der Waals surface area contributed by atoms with E-state index in [1.165, 1.54) is 18.2 Å². The standard InChI is InChI=1S/C18H13Cl2F4N2O6PS2/c19-11-2-3-12(20)16-10(11)6-15(34-16)35(30,31)26-8-33(28,29)32-14-5-9(1-4-13(14)21)7-25-17(27)18(22,23)24/h1-6,26H,7-8H2,(H,25,27)(H,28,29). The number of carbonyl (C=O) groups excluding carboxylic acids is 1. The number of sulfonamides is 1. The summed E-state index contributed by atoms with van der Waals surface area (Å²) in [6, 6.07) is 6.70. The van der Waals surface area contributed by atoms with Gasteiger partial charge in [-0.3, -0.25) is 4.79 Å². The lowest BCUT2D eigenvalue weighted by Crippen LogP contribution is -2.36. The maximum atomic E-state index is 14.0. The normalized spacial score (nSPS) is 14.0. The Labute approximate surface area is 209 Å². The van der Waals surface area contributed by atoms with Crippen molar-refractivity contribution < 1.29 is 44.8 Å². The quantitative estimate of drug-likeness (QED) is 0.248. The molecule has 1 amide bonds. The molecular formula is C18H13Cl2F4N2O6PS2. The van der Waals surface area contributed by atoms with Crippen LogP contribution in [0.1, 0.15) is 5.56 Å². The minimum atomic E-state index is -5.14. The van der Waals surface area contributed by atoms with Crippen LogP contribution in [0.15, 0.2) is 40.6 Å². The van der Waals surface area contributed by atoms with Crippen molar-refractivity contribution in [2.24, 2.45) is 0 Å². The molecule has 3 aromatic rings. The minimum Gasteiger partial charge on any atom is -0.420 e. The van der Waals surface area contributed by atoms with Gasteiger partial charge in [0.1, 0.15) is 10.5 Å². The van der Waals surface area contributed by atoms with Crippen molar-refractivity contribution in [2.75, 3.05) is 6.29 Å². The Hall–Kier alpha value is -1.93. The van der Waals surface area contributed by atoms with E-state index >= 15 is 0 Å². The van der Waals surface area contributed by atoms with Crippen LogP contribution in [0.3, 0.4) is 0 Å². The summed E-state index contributed by atoms with van der Waals surface area (Å²) in [6.07, 6.45) is -6.30. The van der Waals surface area contributed by atoms with Crippen LogP contribution in [0.4, 0.5) is 17.6 Å². The van der Waals surface area contributed by atoms with Crippen molar-refractivity contribution in [3.63, 3.8) is 0 Å². The van der Waals surface area contributed by atoms with Crippen LogP contribution in [0.5, 0.6) is 5.75 Å². The molecular weight excluding hydrogens is 582 g/mol. The minimum absolute atomic E-state index is 0.0846. The molecule has 0 fully saturated rings. The predicted molar refractivity (Wildman–Crippen MR) is 122 cm³/mol. The number of thiophene rings is 1. The van der Waals surface area contributed by atoms with Gasteiger partial charge in [-0.1, -0.05) is 29.3 Å². The third-order valence-electron chi connectivity index (χ3n) is 4.23. The molecule has 35 heavy (non-hydrogen) atoms. The molecule has 0 saturated heterocycles. The van der Waals surface area contributed by atoms with E-state index in [0.717, 1.165) is 29.5 Å². The molecule has 2 aromatic carbocycles. The van der Waals surface area contributed by atoms with E-state index in [2.05, 4.69) is 0 Å². The number of fused-ring (bicyclic) bond motifs is 1. The lowest BCUT2D eigenvalue weighted by molar-refractivity contribution is -0.173. The summed E-state index contributed by atoms with van der Waals surface area (Å²) in [5.74, 6) is -4.23. The van der Waals surface area contributed by atoms with E-state index in [-0.39, 0.29) is 19.8 Å². The number of hydrogen-bond donors (Lipinski definition) is 3. The Bertz CT molecular complexity index is 1410. The smallest absolute Gasteiger partial charge is 0.420 e. The number of halogens is 6. The van der Waals surface area contributed by atoms with Crippen LogP contribution in [-0.4, -0.2) is 31.7 Å². The highest BCUT2D eigenvalue weighted by Crippen LogP contribution is 2.43. The highest BCUT2D eigenvalue weighted by atomic mass is 35.5. The first kappa shape index (κ1) is 27.7. The van der Waals surface area contributed by atoms with Crippen LogP contribution >= 0.6 is 42.1 Å². The summed E-state index contributed by atoms with van der Waals surface area (Å²) in [5, 5.41) is 2.38. The van der Waals surface area contributed by atoms with Gasteiger partial charge in [0.2, 0.25) is 0 Å². The molecule has 1 atom stereocenters. The molecule has 17 heteroatoms. The highest BCUT2D eigenvalue weighted by Gasteiger charge is 2.38. The molecule has 0 spiro atoms. The second-order valence-corrected chi connectivity index (χ2v) is 12.5. The predicted octanol–water partition coefficient (Wildman–Crippen LogP) is 5.03. The molecule has 0 aliphatic carbocycles. The number of rotatable bonds is 8. The van der Waals surface area contributed by atoms with Crippen molar-refractivity contribution in [1.82, 2.24) is 10.0 Å². The van der Waals surface area contributed by atoms with E-state index in [0.29, 0.717) is 10.1 Å². The summed E-state index contributed by atoms with van der Waals surface area (Å²) in [6.45, 7) is -0.686. The Morgan fingerprint density at radius 2 is 1.80 bits per heavy atom. The second-order valence-electron chi connectivity index (χ2n) is 6.82. The Kier molecular flexibility index (Phi) is 8.07. The van der Waals surface area contributed by atoms with Gasteiger partial charge in [0.15, 0.2) is 11.6 Å². The van der Waals surface area contributed by atoms with Crippen LogP contribution in [0, 0.1) is 5.82 Å². The zero-order valence-electron chi connectivity index (χ0n) is 16.9. The third-order valence-corrected chi connectivity index (χ3v) is 9.28. The maximum absolute atomic E-state index is 14.0. The van der Waals surface area contributed by atoms with E-state index in [1.807, 2.05) is 4.72 Å². The summed E-state index contributed by atoms with van der Waals surface area (Å²) >= 11 is 12.8. The fourth-order valence-corrected chi connectivity index (χ4v) is 7.10. The van der Waals surface area contributed by atoms with E-state index in [4.69, 9.17) is 27.7 Å². The van der Waals surface area contributed by atoms with Crippen molar-refractivity contribution in [2.45, 2.75) is 16.9 Å². The van der Waals surface area contributed by atoms with Gasteiger partial charge < -0.3 is 14.7 Å². The van der Waals surface area contributed by atoms with Crippen LogP contribution < -0.4 is 14.6 Å². The summed E-state index contributed by atoms with van der Waals surface area (Å²) in [4.78, 5) is 20.9. The number of hydrogen-bond acceptors (Lipinski definition) is 6. The molecule has 0 saturated carbocycles. The number of benzene rings is 2. The first-order valence-corrected chi connectivity index (χ1v) is 13.9. The van der Waals surface area contributed by atoms with E-state index in [1.54, 1.807) is 5.32 Å². The van der Waals surface area contributed by atoms with Gasteiger partial charge in [-0.05, 0) is 35.9 Å². The largest absolute Gasteiger partial charge is 0.471 e. The summed E-state index contributed by atoms with van der Waals surface area (Å²) in [5.41, 5.74) is -0.0846. The monoisotopic (exact) mass is 594 g/mol. The average Bonchev–Trinajstić information content (AvgIpc) is 3.23. The van der Waals surface area contributed by atoms with Crippen molar-refractivity contribution in [3.05, 3.63) is 57.8 Å². The van der Waals surface area contributed by atoms with Crippen LogP contribution in [0.25, 0.3) is 10.1 Å². The molecule has 0 aliphatic rings. The molecule has 0 bridgehead atoms. The number of nitrogens with one attached hydrogen (secondary N) is 2. The SMILES string of the molecule is O=C(NCc1ccc(F)c(OP(=O)(O)CNS(=O)(=O)c2cc3c(Cl)ccc(Cl)c3s2)c1)C(F)(F)F. The van der Waals surface area contributed by atoms with Gasteiger partial charge in [-0.15, -0.1) is 11.3 Å². The van der Waals surface area contributed by atoms with Gasteiger partial charge >= 0.3 is 19.7 Å². The van der Waals surface area contributed by atoms with Crippen LogP contribution in [-0.2, 0) is 25.9 Å². The molecule has 3 rings (SSSR count). The average molecular weight is 595 g/mol. The number of alkyl halides is 3. The zero-order chi connectivity index (χ0) is 26.2. The molecule has 190 valence electrons. The van der Waals surface area contributed by atoms with Crippen molar-refractivity contribution in [1.29, 1.82) is 0 Å². The molecule has 8 nitrogen and oxygen atoms in total. The van der Waals surface area contributed by atoms with Gasteiger partial charge in [0.25, 0.3) is 10.0 Å². The second kappa shape index (κ2) is 10.2. The first-order chi connectivity index (χ1) is 16.1. The van der Waals surface area contributed by atoms with Crippen molar-refractivity contribution >= 4 is 68.2 Å². The number of carbonyl (C=O) groups is 1. The van der Waals surface area contributed by atoms with Gasteiger partial charge in [0, 0.05) is 17.0 Å². The number of amides is 1. The Balaban J connectivity index is 1.72. The summed E-state index contributed by atoms with van der Waals surface area (Å²) < 4.78 is 95.2. The Morgan fingerprint density at radius 1 is 1.14 bits per heavy atom. The van der Waals surface area contributed by atoms with E-state index in [9.17, 15) is 40.2 Å². The topological polar surface area (TPSA) is 122 Å². The fraction of sp³-hybridized carbons (Fsp3) is 0.167. The highest BCUT2D eigenvalue weighted by molar-refractivity contribution is 7.92. The lowest BCUT2D eigenvalue weighted by atomic mass is 10.2. The molecule has 0 aliphatic heterocycles. The van der Waals surface area contributed by atoms with E-state index < -0.39 is 54.1 Å². The first-order valence-electron chi connectivity index (χ1n) is 9.11. The van der Waals surface area contributed by atoms with Gasteiger partial charge in [-0.2, -0.15) is 17.9 Å². The summed E-state index contributed by atoms with van der Waals surface area (Å²) in [7, 11) is -9.18. The zero-order valence-corrected chi connectivity index (χ0v) is 20.9. The maximum Gasteiger partial charge on any atom is 0.471 e. The Morgan fingerprint density at radius 3 is 2.43 bits per heavy atom. The molecule has 1 unspecified atom stereocenters. The van der Waals surface area contributed by atoms with Crippen molar-refractivity contribution in [3.8, 4) is 5.75 Å². The molecule has 1 aromatic heterocycles. The lowest BCUT2D eigenvalue weighted by Gasteiger charge is -2.15. The van der Waals surface area contributed by atoms with Crippen LogP contribution in [0.2, 0.25) is 10.0 Å². The van der Waals surface area contributed by atoms with Gasteiger partial charge in [-0.25, -0.2) is 17.4 Å². The molecule has 0 radical (unpaired) electrons. The molecule has 3 N–H and O–H groups in total. The molecule has 1 heterocycles.